The summed E-state index contributed by atoms with van der Waals surface area (Å²) >= 11 is 0. The van der Waals surface area contributed by atoms with Crippen molar-refractivity contribution in [2.24, 2.45) is 0 Å². The van der Waals surface area contributed by atoms with Crippen LogP contribution in [0.2, 0.25) is 0 Å². The van der Waals surface area contributed by atoms with Gasteiger partial charge in [0, 0.05) is 0 Å². The molecule has 0 N–H and O–H groups in total. The first-order valence-electron chi connectivity index (χ1n) is 9.11. The summed E-state index contributed by atoms with van der Waals surface area (Å²) in [5, 5.41) is 1.65. The maximum absolute atomic E-state index is 2.41. The summed E-state index contributed by atoms with van der Waals surface area (Å²) in [5.41, 5.74) is 1.84. The minimum absolute atomic E-state index is 0.00604. The van der Waals surface area contributed by atoms with E-state index in [-0.39, 0.29) is 7.92 Å². The van der Waals surface area contributed by atoms with Gasteiger partial charge in [0.25, 0.3) is 0 Å². The molecule has 0 spiro atoms. The highest BCUT2D eigenvalue weighted by Crippen LogP contribution is 2.51. The molecule has 0 radical (unpaired) electrons. The van der Waals surface area contributed by atoms with Crippen molar-refractivity contribution in [3.05, 3.63) is 30.3 Å². The van der Waals surface area contributed by atoms with E-state index in [0.717, 1.165) is 11.3 Å². The molecule has 0 aliphatic carbocycles. The van der Waals surface area contributed by atoms with Crippen LogP contribution in [-0.2, 0) is 0 Å². The fourth-order valence-electron chi connectivity index (χ4n) is 3.28. The Kier molecular flexibility index (Phi) is 10.0. The largest absolute Gasteiger partial charge is 0.0690 e. The van der Waals surface area contributed by atoms with Gasteiger partial charge >= 0.3 is 0 Å². The third-order valence-corrected chi connectivity index (χ3v) is 8.28. The summed E-state index contributed by atoms with van der Waals surface area (Å²) in [6.07, 6.45) is 11.0. The molecule has 0 saturated heterocycles. The van der Waals surface area contributed by atoms with Crippen LogP contribution in [0.15, 0.2) is 30.3 Å². The van der Waals surface area contributed by atoms with Gasteiger partial charge in [0.05, 0.1) is 0 Å². The zero-order valence-corrected chi connectivity index (χ0v) is 15.5. The molecule has 0 amide bonds. The lowest BCUT2D eigenvalue weighted by atomic mass is 10.1. The highest BCUT2D eigenvalue weighted by molar-refractivity contribution is 7.67. The minimum Gasteiger partial charge on any atom is -0.0690 e. The highest BCUT2D eigenvalue weighted by Gasteiger charge is 2.27. The molecule has 1 heteroatoms. The molecular formula is C20H35P. The Hall–Kier alpha value is -0.350. The molecule has 1 rings (SSSR count). The maximum atomic E-state index is 2.41. The van der Waals surface area contributed by atoms with Crippen LogP contribution in [0.5, 0.6) is 0 Å². The summed E-state index contributed by atoms with van der Waals surface area (Å²) in [6, 6.07) is 11.4. The number of hydrogen-bond donors (Lipinski definition) is 0. The summed E-state index contributed by atoms with van der Waals surface area (Å²) in [4.78, 5) is 0. The first-order chi connectivity index (χ1) is 10.3. The summed E-state index contributed by atoms with van der Waals surface area (Å²) < 4.78 is 0. The van der Waals surface area contributed by atoms with Crippen LogP contribution < -0.4 is 5.30 Å². The first-order valence-corrected chi connectivity index (χ1v) is 10.6. The highest BCUT2D eigenvalue weighted by atomic mass is 31.1. The Bertz CT molecular complexity index is 330. The molecule has 120 valence electrons. The fraction of sp³-hybridized carbons (Fsp3) is 0.700. The Labute approximate surface area is 134 Å². The summed E-state index contributed by atoms with van der Waals surface area (Å²) in [6.45, 7) is 9.47. The Morgan fingerprint density at radius 2 is 1.24 bits per heavy atom. The molecule has 2 unspecified atom stereocenters. The molecule has 0 aliphatic heterocycles. The molecule has 1 aromatic carbocycles. The maximum Gasteiger partial charge on any atom is -0.0169 e. The molecule has 2 atom stereocenters. The van der Waals surface area contributed by atoms with Crippen LogP contribution in [0.3, 0.4) is 0 Å². The van der Waals surface area contributed by atoms with Gasteiger partial charge in [-0.1, -0.05) is 91.6 Å². The molecular weight excluding hydrogens is 271 g/mol. The average Bonchev–Trinajstić information content (AvgIpc) is 2.54. The van der Waals surface area contributed by atoms with E-state index in [2.05, 4.69) is 58.0 Å². The van der Waals surface area contributed by atoms with Crippen LogP contribution in [0.4, 0.5) is 0 Å². The van der Waals surface area contributed by atoms with Crippen LogP contribution >= 0.6 is 7.92 Å². The van der Waals surface area contributed by atoms with Crippen molar-refractivity contribution in [1.82, 2.24) is 0 Å². The van der Waals surface area contributed by atoms with Crippen molar-refractivity contribution in [2.45, 2.75) is 90.4 Å². The molecule has 0 aliphatic rings. The van der Waals surface area contributed by atoms with Gasteiger partial charge in [-0.15, -0.1) is 0 Å². The lowest BCUT2D eigenvalue weighted by Crippen LogP contribution is -2.22. The Balaban J connectivity index is 2.96. The van der Waals surface area contributed by atoms with Gasteiger partial charge in [-0.25, -0.2) is 0 Å². The third-order valence-electron chi connectivity index (χ3n) is 4.57. The zero-order valence-electron chi connectivity index (χ0n) is 14.6. The van der Waals surface area contributed by atoms with E-state index in [1.54, 1.807) is 5.30 Å². The molecule has 0 bridgehead atoms. The normalized spacial score (nSPS) is 15.6. The quantitative estimate of drug-likeness (QED) is 0.397. The van der Waals surface area contributed by atoms with E-state index in [0.29, 0.717) is 0 Å². The van der Waals surface area contributed by atoms with E-state index in [1.807, 2.05) is 0 Å². The molecule has 0 aromatic heterocycles. The van der Waals surface area contributed by atoms with Gasteiger partial charge in [0.1, 0.15) is 0 Å². The topological polar surface area (TPSA) is 0 Å². The third kappa shape index (κ3) is 6.11. The van der Waals surface area contributed by atoms with E-state index < -0.39 is 0 Å². The van der Waals surface area contributed by atoms with Crippen molar-refractivity contribution >= 4 is 13.2 Å². The monoisotopic (exact) mass is 306 g/mol. The Morgan fingerprint density at radius 3 is 1.62 bits per heavy atom. The fourth-order valence-corrected chi connectivity index (χ4v) is 6.94. The van der Waals surface area contributed by atoms with Crippen LogP contribution in [0.1, 0.15) is 79.1 Å². The van der Waals surface area contributed by atoms with E-state index in [9.17, 15) is 0 Å². The number of unbranched alkanes of at least 4 members (excludes halogenated alkanes) is 2. The smallest absolute Gasteiger partial charge is 0.0169 e. The molecule has 0 fully saturated rings. The van der Waals surface area contributed by atoms with Crippen LogP contribution in [0.25, 0.3) is 0 Å². The molecule has 0 saturated carbocycles. The second kappa shape index (κ2) is 11.2. The van der Waals surface area contributed by atoms with Gasteiger partial charge in [0.2, 0.25) is 0 Å². The van der Waals surface area contributed by atoms with E-state index >= 15 is 0 Å². The van der Waals surface area contributed by atoms with Crippen LogP contribution in [0, 0.1) is 0 Å². The number of rotatable bonds is 11. The predicted molar refractivity (Wildman–Crippen MR) is 100 cm³/mol. The van der Waals surface area contributed by atoms with E-state index in [1.165, 1.54) is 51.4 Å². The van der Waals surface area contributed by atoms with Crippen molar-refractivity contribution in [3.8, 4) is 0 Å². The van der Waals surface area contributed by atoms with E-state index in [4.69, 9.17) is 0 Å². The van der Waals surface area contributed by atoms with Crippen molar-refractivity contribution in [1.29, 1.82) is 0 Å². The molecule has 1 aromatic rings. The van der Waals surface area contributed by atoms with Crippen molar-refractivity contribution in [2.75, 3.05) is 0 Å². The van der Waals surface area contributed by atoms with Crippen LogP contribution in [-0.4, -0.2) is 11.3 Å². The average molecular weight is 306 g/mol. The first kappa shape index (κ1) is 18.7. The number of benzene rings is 1. The van der Waals surface area contributed by atoms with Crippen molar-refractivity contribution < 1.29 is 0 Å². The summed E-state index contributed by atoms with van der Waals surface area (Å²) in [5.74, 6) is 0. The van der Waals surface area contributed by atoms with Crippen molar-refractivity contribution in [3.63, 3.8) is 0 Å². The van der Waals surface area contributed by atoms with Gasteiger partial charge in [-0.3, -0.25) is 0 Å². The predicted octanol–water partition coefficient (Wildman–Crippen LogP) is 6.73. The van der Waals surface area contributed by atoms with Gasteiger partial charge in [-0.2, -0.15) is 0 Å². The summed E-state index contributed by atoms with van der Waals surface area (Å²) in [7, 11) is -0.00604. The SMILES string of the molecule is CCCCC(CC)P(c1ccccc1)C(CC)CCCC. The molecule has 0 heterocycles. The second-order valence-electron chi connectivity index (χ2n) is 6.15. The lowest BCUT2D eigenvalue weighted by molar-refractivity contribution is 0.632. The second-order valence-corrected chi connectivity index (χ2v) is 8.94. The standard InChI is InChI=1S/C20H35P/c1-5-9-14-18(7-3)21(19(8-4)15-10-6-2)20-16-12-11-13-17-20/h11-13,16-19H,5-10,14-15H2,1-4H3. The van der Waals surface area contributed by atoms with Gasteiger partial charge in [-0.05, 0) is 42.3 Å². The lowest BCUT2D eigenvalue weighted by Gasteiger charge is -2.34. The van der Waals surface area contributed by atoms with Gasteiger partial charge in [0.15, 0.2) is 0 Å². The zero-order chi connectivity index (χ0) is 15.5. The Morgan fingerprint density at radius 1 is 0.762 bits per heavy atom. The number of hydrogen-bond acceptors (Lipinski definition) is 0. The molecule has 0 nitrogen and oxygen atoms in total. The minimum atomic E-state index is -0.00604. The molecule has 21 heavy (non-hydrogen) atoms. The van der Waals surface area contributed by atoms with Gasteiger partial charge < -0.3 is 0 Å².